The molecule has 0 N–H and O–H groups in total. The number of rotatable bonds is 3. The second kappa shape index (κ2) is 8.42. The summed E-state index contributed by atoms with van der Waals surface area (Å²) >= 11 is 4.72. The van der Waals surface area contributed by atoms with Gasteiger partial charge in [0.25, 0.3) is 5.56 Å². The van der Waals surface area contributed by atoms with Crippen LogP contribution in [0.2, 0.25) is 0 Å². The van der Waals surface area contributed by atoms with Gasteiger partial charge in [-0.25, -0.2) is 9.18 Å². The number of thiophene rings is 1. The first-order valence-corrected chi connectivity index (χ1v) is 10.7. The quantitative estimate of drug-likeness (QED) is 0.408. The van der Waals surface area contributed by atoms with E-state index in [1.807, 2.05) is 24.3 Å². The number of hydrogen-bond donors (Lipinski definition) is 0. The van der Waals surface area contributed by atoms with Crippen molar-refractivity contribution < 1.29 is 4.39 Å². The van der Waals surface area contributed by atoms with E-state index in [9.17, 15) is 14.0 Å². The minimum atomic E-state index is -0.437. The molecule has 0 atom stereocenters. The Hall–Kier alpha value is -2.95. The first-order chi connectivity index (χ1) is 14.4. The average molecular weight is 483 g/mol. The van der Waals surface area contributed by atoms with Crippen molar-refractivity contribution in [2.45, 2.75) is 13.0 Å². The lowest BCUT2D eigenvalue weighted by molar-refractivity contribution is 0.618. The van der Waals surface area contributed by atoms with Crippen molar-refractivity contribution in [2.24, 2.45) is 7.05 Å². The van der Waals surface area contributed by atoms with Gasteiger partial charge in [0.2, 0.25) is 0 Å². The van der Waals surface area contributed by atoms with E-state index < -0.39 is 17.1 Å². The van der Waals surface area contributed by atoms with Gasteiger partial charge in [-0.05, 0) is 41.5 Å². The Kier molecular flexibility index (Phi) is 5.71. The first kappa shape index (κ1) is 20.3. The fraction of sp³-hybridized carbons (Fsp3) is 0.130. The molecule has 0 aliphatic carbocycles. The van der Waals surface area contributed by atoms with Gasteiger partial charge in [-0.15, -0.1) is 11.3 Å². The van der Waals surface area contributed by atoms with Crippen LogP contribution in [-0.2, 0) is 20.0 Å². The molecule has 0 radical (unpaired) electrons. The number of aryl methyl sites for hydroxylation is 1. The van der Waals surface area contributed by atoms with Crippen LogP contribution in [0.3, 0.4) is 0 Å². The van der Waals surface area contributed by atoms with Gasteiger partial charge in [-0.2, -0.15) is 0 Å². The third-order valence-corrected chi connectivity index (χ3v) is 6.31. The van der Waals surface area contributed by atoms with Crippen LogP contribution >= 0.6 is 27.3 Å². The second-order valence-corrected chi connectivity index (χ2v) is 8.74. The van der Waals surface area contributed by atoms with Crippen molar-refractivity contribution in [3.05, 3.63) is 102 Å². The monoisotopic (exact) mass is 482 g/mol. The summed E-state index contributed by atoms with van der Waals surface area (Å²) in [6, 6.07) is 15.5. The molecule has 0 amide bonds. The first-order valence-electron chi connectivity index (χ1n) is 9.13. The highest BCUT2D eigenvalue weighted by Crippen LogP contribution is 2.21. The predicted molar refractivity (Wildman–Crippen MR) is 122 cm³/mol. The summed E-state index contributed by atoms with van der Waals surface area (Å²) in [5.41, 5.74) is 0.817. The smallest absolute Gasteiger partial charge is 0.287 e. The summed E-state index contributed by atoms with van der Waals surface area (Å²) in [7, 11) is 1.63. The van der Waals surface area contributed by atoms with Crippen molar-refractivity contribution in [1.82, 2.24) is 9.13 Å². The zero-order valence-corrected chi connectivity index (χ0v) is 18.4. The summed E-state index contributed by atoms with van der Waals surface area (Å²) in [5.74, 6) is 5.81. The fourth-order valence-corrected chi connectivity index (χ4v) is 4.38. The minimum absolute atomic E-state index is 0.0135. The molecule has 0 fully saturated rings. The number of benzene rings is 2. The van der Waals surface area contributed by atoms with Crippen molar-refractivity contribution in [2.75, 3.05) is 0 Å². The highest BCUT2D eigenvalue weighted by molar-refractivity contribution is 9.10. The van der Waals surface area contributed by atoms with Gasteiger partial charge < -0.3 is 0 Å². The van der Waals surface area contributed by atoms with Crippen LogP contribution < -0.4 is 11.2 Å². The molecule has 0 bridgehead atoms. The van der Waals surface area contributed by atoms with Crippen LogP contribution in [0.25, 0.3) is 10.2 Å². The number of aromatic nitrogens is 2. The maximum absolute atomic E-state index is 13.5. The maximum Gasteiger partial charge on any atom is 0.332 e. The highest BCUT2D eigenvalue weighted by Gasteiger charge is 2.14. The van der Waals surface area contributed by atoms with Crippen LogP contribution in [0.4, 0.5) is 4.39 Å². The molecule has 0 spiro atoms. The van der Waals surface area contributed by atoms with E-state index in [0.29, 0.717) is 22.2 Å². The highest BCUT2D eigenvalue weighted by atomic mass is 79.9. The Morgan fingerprint density at radius 1 is 1.07 bits per heavy atom. The van der Waals surface area contributed by atoms with E-state index >= 15 is 0 Å². The number of hydrogen-bond acceptors (Lipinski definition) is 3. The lowest BCUT2D eigenvalue weighted by Gasteiger charge is -2.08. The van der Waals surface area contributed by atoms with Gasteiger partial charge in [-0.1, -0.05) is 52.0 Å². The summed E-state index contributed by atoms with van der Waals surface area (Å²) in [6.45, 7) is 0.0135. The lowest BCUT2D eigenvalue weighted by Crippen LogP contribution is -2.38. The third kappa shape index (κ3) is 4.16. The Morgan fingerprint density at radius 2 is 1.83 bits per heavy atom. The molecule has 0 saturated carbocycles. The summed E-state index contributed by atoms with van der Waals surface area (Å²) in [4.78, 5) is 27.0. The van der Waals surface area contributed by atoms with Crippen molar-refractivity contribution >= 4 is 37.5 Å². The molecule has 2 aromatic carbocycles. The summed E-state index contributed by atoms with van der Waals surface area (Å²) in [6.07, 6.45) is 0.588. The van der Waals surface area contributed by atoms with Crippen molar-refractivity contribution in [3.63, 3.8) is 0 Å². The SMILES string of the molecule is Cn1c(=O)n(Cc2cccc(F)c2)c(=O)c2cc(C#CCc3ccc(Br)cc3)sc21. The Labute approximate surface area is 184 Å². The van der Waals surface area contributed by atoms with Crippen LogP contribution in [0.1, 0.15) is 16.0 Å². The molecule has 0 unspecified atom stereocenters. The van der Waals surface area contributed by atoms with E-state index in [4.69, 9.17) is 0 Å². The van der Waals surface area contributed by atoms with Gasteiger partial charge >= 0.3 is 5.69 Å². The number of fused-ring (bicyclic) bond motifs is 1. The lowest BCUT2D eigenvalue weighted by atomic mass is 10.1. The molecule has 0 saturated heterocycles. The minimum Gasteiger partial charge on any atom is -0.287 e. The van der Waals surface area contributed by atoms with E-state index in [2.05, 4.69) is 27.8 Å². The van der Waals surface area contributed by atoms with Gasteiger partial charge in [0, 0.05) is 17.9 Å². The van der Waals surface area contributed by atoms with Crippen LogP contribution in [0.5, 0.6) is 0 Å². The zero-order chi connectivity index (χ0) is 21.3. The normalized spacial score (nSPS) is 10.8. The maximum atomic E-state index is 13.5. The van der Waals surface area contributed by atoms with E-state index in [1.54, 1.807) is 25.2 Å². The Bertz CT molecular complexity index is 1420. The van der Waals surface area contributed by atoms with Crippen LogP contribution in [0.15, 0.2) is 68.7 Å². The summed E-state index contributed by atoms with van der Waals surface area (Å²) < 4.78 is 17.1. The van der Waals surface area contributed by atoms with Crippen LogP contribution in [-0.4, -0.2) is 9.13 Å². The van der Waals surface area contributed by atoms with Gasteiger partial charge in [0.05, 0.1) is 16.8 Å². The molecule has 4 nitrogen and oxygen atoms in total. The molecular formula is C23H16BrFN2O2S. The van der Waals surface area contributed by atoms with E-state index in [1.165, 1.54) is 28.0 Å². The molecular weight excluding hydrogens is 467 g/mol. The molecule has 30 heavy (non-hydrogen) atoms. The predicted octanol–water partition coefficient (Wildman–Crippen LogP) is 4.31. The summed E-state index contributed by atoms with van der Waals surface area (Å²) in [5, 5.41) is 0.437. The largest absolute Gasteiger partial charge is 0.332 e. The zero-order valence-electron chi connectivity index (χ0n) is 16.0. The van der Waals surface area contributed by atoms with Crippen molar-refractivity contribution in [3.8, 4) is 11.8 Å². The molecule has 7 heteroatoms. The average Bonchev–Trinajstić information content (AvgIpc) is 3.16. The van der Waals surface area contributed by atoms with Crippen molar-refractivity contribution in [1.29, 1.82) is 0 Å². The molecule has 4 rings (SSSR count). The van der Waals surface area contributed by atoms with E-state index in [-0.39, 0.29) is 6.54 Å². The standard InChI is InChI=1S/C23H16BrFN2O2S/c1-26-22-20(13-19(30-22)7-3-4-15-8-10-17(24)11-9-15)21(28)27(23(26)29)14-16-5-2-6-18(25)12-16/h2,5-6,8-13H,4,14H2,1H3. The molecule has 2 aromatic heterocycles. The fourth-order valence-electron chi connectivity index (χ4n) is 3.14. The molecule has 0 aliphatic rings. The second-order valence-electron chi connectivity index (χ2n) is 6.80. The molecule has 0 aliphatic heterocycles. The van der Waals surface area contributed by atoms with Gasteiger partial charge in [0.1, 0.15) is 10.6 Å². The van der Waals surface area contributed by atoms with Crippen LogP contribution in [0, 0.1) is 17.7 Å². The number of halogens is 2. The molecule has 2 heterocycles. The van der Waals surface area contributed by atoms with Gasteiger partial charge in [-0.3, -0.25) is 13.9 Å². The molecule has 4 aromatic rings. The van der Waals surface area contributed by atoms with Gasteiger partial charge in [0.15, 0.2) is 0 Å². The number of nitrogens with zero attached hydrogens (tertiary/aromatic N) is 2. The third-order valence-electron chi connectivity index (χ3n) is 4.66. The topological polar surface area (TPSA) is 44.0 Å². The Balaban J connectivity index is 1.69. The molecule has 150 valence electrons. The van der Waals surface area contributed by atoms with E-state index in [0.717, 1.165) is 19.5 Å². The Morgan fingerprint density at radius 3 is 2.57 bits per heavy atom.